The van der Waals surface area contributed by atoms with E-state index in [1.54, 1.807) is 0 Å². The van der Waals surface area contributed by atoms with Crippen molar-refractivity contribution >= 4 is 12.4 Å². The van der Waals surface area contributed by atoms with Crippen LogP contribution in [0.4, 0.5) is 0 Å². The lowest BCUT2D eigenvalue weighted by Gasteiger charge is -2.37. The summed E-state index contributed by atoms with van der Waals surface area (Å²) in [5.74, 6) is 0.498. The fourth-order valence-electron chi connectivity index (χ4n) is 2.47. The van der Waals surface area contributed by atoms with E-state index in [9.17, 15) is 0 Å². The highest BCUT2D eigenvalue weighted by Crippen LogP contribution is 2.33. The average Bonchev–Trinajstić information content (AvgIpc) is 2.44. The molecule has 2 unspecified atom stereocenters. The molecule has 0 radical (unpaired) electrons. The normalized spacial score (nSPS) is 39.8. The smallest absolute Gasteiger partial charge is 0.122 e. The Labute approximate surface area is 98.3 Å². The molecule has 0 saturated carbocycles. The van der Waals surface area contributed by atoms with Crippen molar-refractivity contribution in [2.75, 3.05) is 19.8 Å². The summed E-state index contributed by atoms with van der Waals surface area (Å²) >= 11 is 0. The van der Waals surface area contributed by atoms with Gasteiger partial charge in [-0.15, -0.1) is 12.4 Å². The summed E-state index contributed by atoms with van der Waals surface area (Å²) < 4.78 is 11.4. The fraction of sp³-hybridized carbons (Fsp3) is 1.00. The standard InChI is InChI=1S/C11H21NO2.ClH/c1-10(2)8-14-11(3,12-10)9-5-4-6-13-7-9;/h9,12H,4-8H2,1-3H3;1H. The van der Waals surface area contributed by atoms with E-state index < -0.39 is 0 Å². The molecular weight excluding hydrogens is 214 g/mol. The fourth-order valence-corrected chi connectivity index (χ4v) is 2.47. The van der Waals surface area contributed by atoms with Crippen molar-refractivity contribution < 1.29 is 9.47 Å². The number of hydrogen-bond donors (Lipinski definition) is 1. The molecule has 0 bridgehead atoms. The van der Waals surface area contributed by atoms with Gasteiger partial charge in [-0.3, -0.25) is 5.32 Å². The molecule has 2 rings (SSSR count). The van der Waals surface area contributed by atoms with E-state index in [1.807, 2.05) is 0 Å². The summed E-state index contributed by atoms with van der Waals surface area (Å²) in [7, 11) is 0. The van der Waals surface area contributed by atoms with Crippen LogP contribution in [0.1, 0.15) is 33.6 Å². The van der Waals surface area contributed by atoms with Gasteiger partial charge in [0.15, 0.2) is 0 Å². The molecule has 0 spiro atoms. The first-order valence-corrected chi connectivity index (χ1v) is 5.53. The number of rotatable bonds is 1. The van der Waals surface area contributed by atoms with E-state index >= 15 is 0 Å². The number of hydrogen-bond acceptors (Lipinski definition) is 3. The predicted molar refractivity (Wildman–Crippen MR) is 62.4 cm³/mol. The largest absolute Gasteiger partial charge is 0.381 e. The third-order valence-electron chi connectivity index (χ3n) is 3.26. The first-order chi connectivity index (χ1) is 6.52. The van der Waals surface area contributed by atoms with Crippen molar-refractivity contribution in [3.8, 4) is 0 Å². The van der Waals surface area contributed by atoms with Crippen LogP contribution in [0.2, 0.25) is 0 Å². The first-order valence-electron chi connectivity index (χ1n) is 5.53. The van der Waals surface area contributed by atoms with E-state index in [4.69, 9.17) is 9.47 Å². The SMILES string of the molecule is CC1(C)COC(C)(C2CCCOC2)N1.Cl. The van der Waals surface area contributed by atoms with Crippen molar-refractivity contribution in [1.29, 1.82) is 0 Å². The van der Waals surface area contributed by atoms with Gasteiger partial charge in [0, 0.05) is 18.1 Å². The van der Waals surface area contributed by atoms with Gasteiger partial charge < -0.3 is 9.47 Å². The minimum Gasteiger partial charge on any atom is -0.381 e. The predicted octanol–water partition coefficient (Wildman–Crippen LogP) is 1.95. The summed E-state index contributed by atoms with van der Waals surface area (Å²) in [5, 5.41) is 3.57. The van der Waals surface area contributed by atoms with Gasteiger partial charge in [0.1, 0.15) is 5.72 Å². The second-order valence-electron chi connectivity index (χ2n) is 5.32. The maximum atomic E-state index is 5.90. The van der Waals surface area contributed by atoms with Gasteiger partial charge in [0.05, 0.1) is 13.2 Å². The van der Waals surface area contributed by atoms with Crippen LogP contribution in [0.15, 0.2) is 0 Å². The molecule has 90 valence electrons. The van der Waals surface area contributed by atoms with E-state index in [1.165, 1.54) is 6.42 Å². The van der Waals surface area contributed by atoms with Gasteiger partial charge in [-0.05, 0) is 33.6 Å². The second kappa shape index (κ2) is 4.58. The number of nitrogens with one attached hydrogen (secondary N) is 1. The Kier molecular flexibility index (Phi) is 4.04. The Morgan fingerprint density at radius 1 is 1.27 bits per heavy atom. The first kappa shape index (κ1) is 13.2. The zero-order chi connectivity index (χ0) is 10.2. The van der Waals surface area contributed by atoms with E-state index in [-0.39, 0.29) is 23.7 Å². The molecule has 1 N–H and O–H groups in total. The van der Waals surface area contributed by atoms with Gasteiger partial charge in [-0.1, -0.05) is 0 Å². The van der Waals surface area contributed by atoms with Crippen LogP contribution in [-0.4, -0.2) is 31.1 Å². The van der Waals surface area contributed by atoms with Crippen molar-refractivity contribution in [3.63, 3.8) is 0 Å². The van der Waals surface area contributed by atoms with Crippen LogP contribution in [0.25, 0.3) is 0 Å². The van der Waals surface area contributed by atoms with Crippen molar-refractivity contribution in [1.82, 2.24) is 5.32 Å². The molecule has 3 nitrogen and oxygen atoms in total. The van der Waals surface area contributed by atoms with Gasteiger partial charge >= 0.3 is 0 Å². The quantitative estimate of drug-likeness (QED) is 0.754. The van der Waals surface area contributed by atoms with Gasteiger partial charge in [0.25, 0.3) is 0 Å². The number of ether oxygens (including phenoxy) is 2. The lowest BCUT2D eigenvalue weighted by Crippen LogP contribution is -2.53. The molecule has 4 heteroatoms. The molecule has 2 aliphatic heterocycles. The van der Waals surface area contributed by atoms with Crippen LogP contribution in [0, 0.1) is 5.92 Å². The summed E-state index contributed by atoms with van der Waals surface area (Å²) in [6, 6.07) is 0. The summed E-state index contributed by atoms with van der Waals surface area (Å²) in [5.41, 5.74) is -0.0733. The topological polar surface area (TPSA) is 30.5 Å². The zero-order valence-corrected chi connectivity index (χ0v) is 10.7. The maximum Gasteiger partial charge on any atom is 0.122 e. The van der Waals surface area contributed by atoms with Crippen LogP contribution >= 0.6 is 12.4 Å². The molecule has 2 aliphatic rings. The Morgan fingerprint density at radius 3 is 2.47 bits per heavy atom. The second-order valence-corrected chi connectivity index (χ2v) is 5.32. The Morgan fingerprint density at radius 2 is 2.00 bits per heavy atom. The van der Waals surface area contributed by atoms with E-state index in [0.717, 1.165) is 26.2 Å². The highest BCUT2D eigenvalue weighted by molar-refractivity contribution is 5.85. The molecule has 2 fully saturated rings. The van der Waals surface area contributed by atoms with Crippen molar-refractivity contribution in [3.05, 3.63) is 0 Å². The van der Waals surface area contributed by atoms with Crippen LogP contribution in [-0.2, 0) is 9.47 Å². The monoisotopic (exact) mass is 235 g/mol. The molecule has 0 aliphatic carbocycles. The Bertz CT molecular complexity index is 217. The zero-order valence-electron chi connectivity index (χ0n) is 9.84. The molecule has 2 atom stereocenters. The van der Waals surface area contributed by atoms with Crippen LogP contribution < -0.4 is 5.32 Å². The summed E-state index contributed by atoms with van der Waals surface area (Å²) in [6.07, 6.45) is 2.37. The molecule has 2 heterocycles. The minimum atomic E-state index is -0.177. The highest BCUT2D eigenvalue weighted by Gasteiger charge is 2.45. The van der Waals surface area contributed by atoms with Gasteiger partial charge in [0.2, 0.25) is 0 Å². The molecule has 0 amide bonds. The maximum absolute atomic E-state index is 5.90. The molecular formula is C11H22ClNO2. The minimum absolute atomic E-state index is 0. The van der Waals surface area contributed by atoms with E-state index in [0.29, 0.717) is 5.92 Å². The van der Waals surface area contributed by atoms with E-state index in [2.05, 4.69) is 26.1 Å². The average molecular weight is 236 g/mol. The Balaban J connectivity index is 0.00000112. The Hall–Kier alpha value is 0.170. The van der Waals surface area contributed by atoms with Crippen molar-refractivity contribution in [2.45, 2.75) is 44.9 Å². The third kappa shape index (κ3) is 2.84. The van der Waals surface area contributed by atoms with Crippen LogP contribution in [0.3, 0.4) is 0 Å². The highest BCUT2D eigenvalue weighted by atomic mass is 35.5. The van der Waals surface area contributed by atoms with Gasteiger partial charge in [-0.2, -0.15) is 0 Å². The summed E-state index contributed by atoms with van der Waals surface area (Å²) in [6.45, 7) is 9.06. The lowest BCUT2D eigenvalue weighted by atomic mass is 9.91. The molecule has 0 aromatic carbocycles. The molecule has 0 aromatic rings. The van der Waals surface area contributed by atoms with Crippen LogP contribution in [0.5, 0.6) is 0 Å². The number of halogens is 1. The molecule has 0 aromatic heterocycles. The summed E-state index contributed by atoms with van der Waals surface area (Å²) in [4.78, 5) is 0. The molecule has 2 saturated heterocycles. The van der Waals surface area contributed by atoms with Gasteiger partial charge in [-0.25, -0.2) is 0 Å². The lowest BCUT2D eigenvalue weighted by molar-refractivity contribution is -0.0917. The van der Waals surface area contributed by atoms with Crippen molar-refractivity contribution in [2.24, 2.45) is 5.92 Å². The molecule has 15 heavy (non-hydrogen) atoms. The third-order valence-corrected chi connectivity index (χ3v) is 3.26.